The maximum absolute atomic E-state index is 10.9. The molecule has 0 aliphatic heterocycles. The Morgan fingerprint density at radius 2 is 2.24 bits per heavy atom. The van der Waals surface area contributed by atoms with E-state index in [-0.39, 0.29) is 11.7 Å². The molecule has 0 amide bonds. The van der Waals surface area contributed by atoms with E-state index in [1.54, 1.807) is 6.07 Å². The molecular weight excluding hydrogens is 268 g/mol. The van der Waals surface area contributed by atoms with Gasteiger partial charge >= 0.3 is 0 Å². The molecule has 6 nitrogen and oxygen atoms in total. The van der Waals surface area contributed by atoms with Crippen LogP contribution < -0.4 is 5.73 Å². The summed E-state index contributed by atoms with van der Waals surface area (Å²) in [7, 11) is 0. The van der Waals surface area contributed by atoms with Crippen molar-refractivity contribution in [2.24, 2.45) is 5.73 Å². The molecule has 0 aliphatic rings. The maximum atomic E-state index is 10.9. The number of non-ortho nitro benzene ring substituents is 1. The average molecular weight is 288 g/mol. The Bertz CT molecular complexity index is 636. The van der Waals surface area contributed by atoms with E-state index < -0.39 is 4.92 Å². The third-order valence-electron chi connectivity index (χ3n) is 3.45. The van der Waals surface area contributed by atoms with Crippen molar-refractivity contribution in [3.63, 3.8) is 0 Å². The molecule has 1 heterocycles. The second-order valence-electron chi connectivity index (χ2n) is 5.15. The van der Waals surface area contributed by atoms with Crippen molar-refractivity contribution < 1.29 is 4.92 Å². The predicted molar refractivity (Wildman–Crippen MR) is 81.9 cm³/mol. The van der Waals surface area contributed by atoms with Crippen LogP contribution in [0.1, 0.15) is 43.7 Å². The van der Waals surface area contributed by atoms with E-state index in [9.17, 15) is 10.1 Å². The van der Waals surface area contributed by atoms with Gasteiger partial charge < -0.3 is 10.7 Å². The van der Waals surface area contributed by atoms with E-state index >= 15 is 0 Å². The lowest BCUT2D eigenvalue weighted by Crippen LogP contribution is -2.11. The number of aromatic nitrogens is 2. The molecule has 2 aromatic rings. The molecule has 6 heteroatoms. The van der Waals surface area contributed by atoms with Gasteiger partial charge in [-0.3, -0.25) is 10.1 Å². The summed E-state index contributed by atoms with van der Waals surface area (Å²) in [6.45, 7) is 4.02. The van der Waals surface area contributed by atoms with Crippen LogP contribution in [0, 0.1) is 17.0 Å². The van der Waals surface area contributed by atoms with Crippen LogP contribution in [0.15, 0.2) is 24.3 Å². The van der Waals surface area contributed by atoms with Gasteiger partial charge in [-0.15, -0.1) is 0 Å². The summed E-state index contributed by atoms with van der Waals surface area (Å²) < 4.78 is 0. The first-order valence-corrected chi connectivity index (χ1v) is 7.09. The van der Waals surface area contributed by atoms with Crippen LogP contribution in [-0.4, -0.2) is 14.9 Å². The summed E-state index contributed by atoms with van der Waals surface area (Å²) in [6, 6.07) is 6.36. The van der Waals surface area contributed by atoms with E-state index in [1.807, 2.05) is 13.0 Å². The van der Waals surface area contributed by atoms with Crippen LogP contribution in [0.25, 0.3) is 11.3 Å². The Morgan fingerprint density at radius 3 is 2.90 bits per heavy atom. The fraction of sp³-hybridized carbons (Fsp3) is 0.400. The minimum atomic E-state index is -0.403. The largest absolute Gasteiger partial charge is 0.344 e. The topological polar surface area (TPSA) is 97.8 Å². The Morgan fingerprint density at radius 1 is 1.48 bits per heavy atom. The number of hydrogen-bond acceptors (Lipinski definition) is 4. The number of aromatic amines is 1. The highest BCUT2D eigenvalue weighted by Gasteiger charge is 2.16. The molecule has 0 aliphatic carbocycles. The summed E-state index contributed by atoms with van der Waals surface area (Å²) in [5.74, 6) is 0.738. The zero-order valence-electron chi connectivity index (χ0n) is 12.3. The molecule has 0 radical (unpaired) electrons. The molecule has 0 saturated heterocycles. The van der Waals surface area contributed by atoms with Gasteiger partial charge in [0.15, 0.2) is 0 Å². The molecule has 21 heavy (non-hydrogen) atoms. The second-order valence-corrected chi connectivity index (χ2v) is 5.15. The van der Waals surface area contributed by atoms with Gasteiger partial charge in [0, 0.05) is 23.4 Å². The van der Waals surface area contributed by atoms with Gasteiger partial charge in [0.2, 0.25) is 0 Å². The average Bonchev–Trinajstić information content (AvgIpc) is 2.87. The quantitative estimate of drug-likeness (QED) is 0.628. The van der Waals surface area contributed by atoms with Crippen molar-refractivity contribution in [1.82, 2.24) is 9.97 Å². The lowest BCUT2D eigenvalue weighted by molar-refractivity contribution is -0.384. The van der Waals surface area contributed by atoms with Gasteiger partial charge in [0.25, 0.3) is 5.69 Å². The highest BCUT2D eigenvalue weighted by atomic mass is 16.6. The van der Waals surface area contributed by atoms with Crippen LogP contribution in [0.5, 0.6) is 0 Å². The Hall–Kier alpha value is -2.21. The van der Waals surface area contributed by atoms with E-state index in [4.69, 9.17) is 5.73 Å². The summed E-state index contributed by atoms with van der Waals surface area (Å²) in [5, 5.41) is 10.9. The molecule has 1 aromatic heterocycles. The molecule has 3 N–H and O–H groups in total. The van der Waals surface area contributed by atoms with Gasteiger partial charge in [-0.25, -0.2) is 4.98 Å². The van der Waals surface area contributed by atoms with E-state index in [1.165, 1.54) is 12.1 Å². The number of nitrogens with zero attached hydrogens (tertiary/aromatic N) is 2. The monoisotopic (exact) mass is 288 g/mol. The fourth-order valence-electron chi connectivity index (χ4n) is 2.27. The lowest BCUT2D eigenvalue weighted by Gasteiger charge is -2.06. The third-order valence-corrected chi connectivity index (χ3v) is 3.45. The number of nitrogens with two attached hydrogens (primary N) is 1. The predicted octanol–water partition coefficient (Wildman–Crippen LogP) is 3.48. The molecule has 0 bridgehead atoms. The van der Waals surface area contributed by atoms with Gasteiger partial charge in [0.05, 0.1) is 16.7 Å². The standard InChI is InChI=1S/C15H20N4O2/c1-3-4-8-13(16)15-17-10(2)14(18-15)11-6-5-7-12(9-11)19(20)21/h5-7,9,13H,3-4,8,16H2,1-2H3,(H,17,18). The first-order chi connectivity index (χ1) is 10.0. The zero-order chi connectivity index (χ0) is 15.4. The van der Waals surface area contributed by atoms with Crippen molar-refractivity contribution in [2.45, 2.75) is 39.2 Å². The van der Waals surface area contributed by atoms with Crippen LogP contribution >= 0.6 is 0 Å². The molecule has 0 fully saturated rings. The first kappa shape index (κ1) is 15.2. The maximum Gasteiger partial charge on any atom is 0.270 e. The Kier molecular flexibility index (Phi) is 4.70. The number of nitro groups is 1. The van der Waals surface area contributed by atoms with Crippen LogP contribution in [0.3, 0.4) is 0 Å². The Labute approximate surface area is 123 Å². The number of imidazole rings is 1. The fourth-order valence-corrected chi connectivity index (χ4v) is 2.27. The molecular formula is C15H20N4O2. The normalized spacial score (nSPS) is 12.3. The minimum Gasteiger partial charge on any atom is -0.344 e. The Balaban J connectivity index is 2.30. The van der Waals surface area contributed by atoms with Gasteiger partial charge in [-0.2, -0.15) is 0 Å². The van der Waals surface area contributed by atoms with Crippen LogP contribution in [-0.2, 0) is 0 Å². The number of nitrogens with one attached hydrogen (secondary N) is 1. The molecule has 112 valence electrons. The van der Waals surface area contributed by atoms with Crippen LogP contribution in [0.4, 0.5) is 5.69 Å². The van der Waals surface area contributed by atoms with Crippen molar-refractivity contribution in [3.05, 3.63) is 45.9 Å². The van der Waals surface area contributed by atoms with E-state index in [0.717, 1.165) is 42.0 Å². The van der Waals surface area contributed by atoms with E-state index in [0.29, 0.717) is 0 Å². The van der Waals surface area contributed by atoms with Crippen molar-refractivity contribution in [3.8, 4) is 11.3 Å². The highest BCUT2D eigenvalue weighted by molar-refractivity contribution is 5.64. The number of unbranched alkanes of at least 4 members (excludes halogenated alkanes) is 1. The molecule has 2 rings (SSSR count). The zero-order valence-corrected chi connectivity index (χ0v) is 12.3. The number of H-pyrrole nitrogens is 1. The molecule has 0 saturated carbocycles. The molecule has 0 spiro atoms. The molecule has 1 aromatic carbocycles. The molecule has 1 unspecified atom stereocenters. The number of benzene rings is 1. The minimum absolute atomic E-state index is 0.0618. The van der Waals surface area contributed by atoms with Gasteiger partial charge in [-0.1, -0.05) is 31.9 Å². The van der Waals surface area contributed by atoms with Crippen molar-refractivity contribution >= 4 is 5.69 Å². The van der Waals surface area contributed by atoms with Crippen molar-refractivity contribution in [1.29, 1.82) is 0 Å². The summed E-state index contributed by atoms with van der Waals surface area (Å²) in [6.07, 6.45) is 3.01. The summed E-state index contributed by atoms with van der Waals surface area (Å²) in [4.78, 5) is 18.2. The number of nitro benzene ring substituents is 1. The third kappa shape index (κ3) is 3.46. The SMILES string of the molecule is CCCCC(N)c1nc(-c2cccc([N+](=O)[O-])c2)c(C)[nH]1. The first-order valence-electron chi connectivity index (χ1n) is 7.09. The second kappa shape index (κ2) is 6.49. The van der Waals surface area contributed by atoms with Crippen molar-refractivity contribution in [2.75, 3.05) is 0 Å². The van der Waals surface area contributed by atoms with Crippen LogP contribution in [0.2, 0.25) is 0 Å². The van der Waals surface area contributed by atoms with E-state index in [2.05, 4.69) is 16.9 Å². The highest BCUT2D eigenvalue weighted by Crippen LogP contribution is 2.26. The van der Waals surface area contributed by atoms with Gasteiger partial charge in [-0.05, 0) is 13.3 Å². The number of aryl methyl sites for hydroxylation is 1. The summed E-state index contributed by atoms with van der Waals surface area (Å²) >= 11 is 0. The molecule has 1 atom stereocenters. The lowest BCUT2D eigenvalue weighted by atomic mass is 10.1. The number of rotatable bonds is 6. The smallest absolute Gasteiger partial charge is 0.270 e. The van der Waals surface area contributed by atoms with Gasteiger partial charge in [0.1, 0.15) is 5.82 Å². The summed E-state index contributed by atoms with van der Waals surface area (Å²) in [5.41, 5.74) is 8.50. The number of hydrogen-bond donors (Lipinski definition) is 2.